The summed E-state index contributed by atoms with van der Waals surface area (Å²) in [7, 11) is 0. The number of nitrogens with zero attached hydrogens (tertiary/aromatic N) is 1. The van der Waals surface area contributed by atoms with Crippen molar-refractivity contribution >= 4 is 28.8 Å². The number of piperidine rings is 1. The number of para-hydroxylation sites is 2. The van der Waals surface area contributed by atoms with Gasteiger partial charge >= 0.3 is 6.03 Å². The van der Waals surface area contributed by atoms with Crippen molar-refractivity contribution in [2.45, 2.75) is 71.3 Å². The quantitative estimate of drug-likeness (QED) is 0.266. The number of rotatable bonds is 4. The number of benzene rings is 3. The summed E-state index contributed by atoms with van der Waals surface area (Å²) in [6.45, 7) is 14.6. The fourth-order valence-electron chi connectivity index (χ4n) is 6.15. The monoisotopic (exact) mass is 558 g/mol. The van der Waals surface area contributed by atoms with Gasteiger partial charge in [-0.25, -0.2) is 9.18 Å². The standard InChI is InChI=1S/C34H43FN4O2/c1-32(2,3)22-11-13-23(14-12-22)37-31(41)38-26-9-7-8-10-27(26)39-21-34(17-19-36-20-18-34)24-15-16-25(35)28(29(24)39)30(40)33(4,5)6/h7-16,30,36,40H,17-21H2,1-6H3,(H2,37,38,41). The molecule has 4 N–H and O–H groups in total. The van der Waals surface area contributed by atoms with E-state index in [9.17, 15) is 9.90 Å². The Labute approximate surface area is 243 Å². The first-order valence-electron chi connectivity index (χ1n) is 14.6. The van der Waals surface area contributed by atoms with Gasteiger partial charge in [0.2, 0.25) is 0 Å². The fraction of sp³-hybridized carbons (Fsp3) is 0.441. The summed E-state index contributed by atoms with van der Waals surface area (Å²) >= 11 is 0. The highest BCUT2D eigenvalue weighted by molar-refractivity contribution is 6.02. The second-order valence-corrected chi connectivity index (χ2v) is 13.7. The summed E-state index contributed by atoms with van der Waals surface area (Å²) in [6, 6.07) is 18.6. The molecule has 2 amide bonds. The highest BCUT2D eigenvalue weighted by atomic mass is 19.1. The molecule has 41 heavy (non-hydrogen) atoms. The van der Waals surface area contributed by atoms with Crippen molar-refractivity contribution < 1.29 is 14.3 Å². The molecule has 7 heteroatoms. The van der Waals surface area contributed by atoms with Gasteiger partial charge in [-0.1, -0.05) is 71.9 Å². The van der Waals surface area contributed by atoms with Crippen LogP contribution in [0.5, 0.6) is 0 Å². The average Bonchev–Trinajstić information content (AvgIpc) is 3.21. The van der Waals surface area contributed by atoms with Crippen LogP contribution in [0.2, 0.25) is 0 Å². The molecule has 2 aliphatic rings. The van der Waals surface area contributed by atoms with E-state index in [1.54, 1.807) is 0 Å². The number of anilines is 4. The molecule has 0 radical (unpaired) electrons. The number of nitrogens with one attached hydrogen (secondary N) is 3. The molecule has 1 saturated heterocycles. The maximum absolute atomic E-state index is 15.6. The van der Waals surface area contributed by atoms with Crippen LogP contribution in [0, 0.1) is 11.2 Å². The molecule has 2 aliphatic heterocycles. The van der Waals surface area contributed by atoms with Gasteiger partial charge in [-0.3, -0.25) is 0 Å². The molecule has 2 heterocycles. The Morgan fingerprint density at radius 1 is 0.951 bits per heavy atom. The first-order valence-corrected chi connectivity index (χ1v) is 14.6. The molecule has 3 aromatic rings. The maximum atomic E-state index is 15.6. The number of aliphatic hydroxyl groups excluding tert-OH is 1. The lowest BCUT2D eigenvalue weighted by molar-refractivity contribution is 0.0599. The van der Waals surface area contributed by atoms with E-state index in [1.807, 2.05) is 75.4 Å². The Balaban J connectivity index is 1.51. The minimum atomic E-state index is -1.00. The molecule has 5 rings (SSSR count). The number of urea groups is 1. The number of fused-ring (bicyclic) bond motifs is 2. The van der Waals surface area contributed by atoms with Crippen LogP contribution in [0.15, 0.2) is 60.7 Å². The van der Waals surface area contributed by atoms with Crippen molar-refractivity contribution in [3.8, 4) is 0 Å². The molecular formula is C34H43FN4O2. The lowest BCUT2D eigenvalue weighted by Gasteiger charge is -2.35. The van der Waals surface area contributed by atoms with Crippen LogP contribution in [-0.4, -0.2) is 30.8 Å². The molecule has 218 valence electrons. The zero-order valence-corrected chi connectivity index (χ0v) is 25.1. The third-order valence-corrected chi connectivity index (χ3v) is 8.57. The topological polar surface area (TPSA) is 76.6 Å². The summed E-state index contributed by atoms with van der Waals surface area (Å²) < 4.78 is 15.6. The van der Waals surface area contributed by atoms with Crippen molar-refractivity contribution in [3.05, 3.63) is 83.2 Å². The Kier molecular flexibility index (Phi) is 7.64. The maximum Gasteiger partial charge on any atom is 0.323 e. The number of aliphatic hydroxyl groups is 1. The van der Waals surface area contributed by atoms with Crippen molar-refractivity contribution in [3.63, 3.8) is 0 Å². The highest BCUT2D eigenvalue weighted by Crippen LogP contribution is 2.54. The molecule has 3 aromatic carbocycles. The number of carbonyl (C=O) groups is 1. The molecule has 1 spiro atoms. The van der Waals surface area contributed by atoms with Gasteiger partial charge in [-0.05, 0) is 78.2 Å². The summed E-state index contributed by atoms with van der Waals surface area (Å²) in [5.41, 5.74) is 4.68. The zero-order valence-electron chi connectivity index (χ0n) is 25.1. The largest absolute Gasteiger partial charge is 0.388 e. The molecule has 0 bridgehead atoms. The van der Waals surface area contributed by atoms with E-state index < -0.39 is 17.3 Å². The van der Waals surface area contributed by atoms with Gasteiger partial charge in [0.05, 0.1) is 23.2 Å². The molecule has 1 atom stereocenters. The molecule has 1 fully saturated rings. The van der Waals surface area contributed by atoms with Gasteiger partial charge in [0.25, 0.3) is 0 Å². The Bertz CT molecular complexity index is 1420. The number of amides is 2. The molecular weight excluding hydrogens is 515 g/mol. The van der Waals surface area contributed by atoms with Gasteiger partial charge in [0, 0.05) is 23.2 Å². The normalized spacial score (nSPS) is 17.3. The summed E-state index contributed by atoms with van der Waals surface area (Å²) in [4.78, 5) is 15.3. The van der Waals surface area contributed by atoms with E-state index in [1.165, 1.54) is 11.6 Å². The van der Waals surface area contributed by atoms with Crippen LogP contribution in [-0.2, 0) is 10.8 Å². The van der Waals surface area contributed by atoms with E-state index in [2.05, 4.69) is 41.6 Å². The van der Waals surface area contributed by atoms with E-state index in [4.69, 9.17) is 0 Å². The predicted molar refractivity (Wildman–Crippen MR) is 166 cm³/mol. The van der Waals surface area contributed by atoms with Gasteiger partial charge < -0.3 is 26.0 Å². The van der Waals surface area contributed by atoms with Crippen LogP contribution in [0.25, 0.3) is 0 Å². The van der Waals surface area contributed by atoms with Crippen molar-refractivity contribution in [2.24, 2.45) is 5.41 Å². The number of carbonyl (C=O) groups excluding carboxylic acids is 1. The van der Waals surface area contributed by atoms with Gasteiger partial charge in [0.15, 0.2) is 0 Å². The smallest absolute Gasteiger partial charge is 0.323 e. The van der Waals surface area contributed by atoms with E-state index in [-0.39, 0.29) is 16.9 Å². The Morgan fingerprint density at radius 2 is 1.61 bits per heavy atom. The molecule has 1 unspecified atom stereocenters. The first kappa shape index (κ1) is 29.1. The lowest BCUT2D eigenvalue weighted by atomic mass is 9.73. The zero-order chi connectivity index (χ0) is 29.6. The van der Waals surface area contributed by atoms with E-state index >= 15 is 4.39 Å². The SMILES string of the molecule is CC(C)(C)c1ccc(NC(=O)Nc2ccccc2N2CC3(CCNCC3)c3ccc(F)c(C(O)C(C)(C)C)c32)cc1. The third-order valence-electron chi connectivity index (χ3n) is 8.57. The Morgan fingerprint density at radius 3 is 2.24 bits per heavy atom. The molecule has 0 saturated carbocycles. The van der Waals surface area contributed by atoms with Crippen molar-refractivity contribution in [1.82, 2.24) is 5.32 Å². The second kappa shape index (κ2) is 10.8. The molecule has 0 aromatic heterocycles. The number of halogens is 1. The fourth-order valence-corrected chi connectivity index (χ4v) is 6.15. The molecule has 0 aliphatic carbocycles. The first-order chi connectivity index (χ1) is 19.3. The van der Waals surface area contributed by atoms with Gasteiger partial charge in [-0.15, -0.1) is 0 Å². The minimum absolute atomic E-state index is 0.0242. The number of hydrogen-bond donors (Lipinski definition) is 4. The van der Waals surface area contributed by atoms with Crippen LogP contribution in [0.1, 0.15) is 77.2 Å². The van der Waals surface area contributed by atoms with Crippen molar-refractivity contribution in [1.29, 1.82) is 0 Å². The summed E-state index contributed by atoms with van der Waals surface area (Å²) in [6.07, 6.45) is 0.818. The van der Waals surface area contributed by atoms with Crippen molar-refractivity contribution in [2.75, 3.05) is 35.2 Å². The minimum Gasteiger partial charge on any atom is -0.388 e. The van der Waals surface area contributed by atoms with Gasteiger partial charge in [-0.2, -0.15) is 0 Å². The van der Waals surface area contributed by atoms with Crippen LogP contribution < -0.4 is 20.9 Å². The number of hydrogen-bond acceptors (Lipinski definition) is 4. The van der Waals surface area contributed by atoms with Gasteiger partial charge in [0.1, 0.15) is 5.82 Å². The predicted octanol–water partition coefficient (Wildman–Crippen LogP) is 7.62. The highest BCUT2D eigenvalue weighted by Gasteiger charge is 2.47. The average molecular weight is 559 g/mol. The lowest BCUT2D eigenvalue weighted by Crippen LogP contribution is -2.42. The van der Waals surface area contributed by atoms with E-state index in [0.717, 1.165) is 42.9 Å². The van der Waals surface area contributed by atoms with Crippen LogP contribution in [0.4, 0.5) is 31.9 Å². The Hall–Kier alpha value is -3.42. The third kappa shape index (κ3) is 5.70. The summed E-state index contributed by atoms with van der Waals surface area (Å²) in [5, 5.41) is 20.9. The van der Waals surface area contributed by atoms with Crippen LogP contribution in [0.3, 0.4) is 0 Å². The second-order valence-electron chi connectivity index (χ2n) is 13.7. The summed E-state index contributed by atoms with van der Waals surface area (Å²) in [5.74, 6) is -0.413. The molecule has 6 nitrogen and oxygen atoms in total. The van der Waals surface area contributed by atoms with Crippen LogP contribution >= 0.6 is 0 Å². The van der Waals surface area contributed by atoms with E-state index in [0.29, 0.717) is 23.5 Å².